The molecule has 0 radical (unpaired) electrons. The van der Waals surface area contributed by atoms with E-state index in [1.165, 1.54) is 22.7 Å². The minimum atomic E-state index is -1.01. The second-order valence-electron chi connectivity index (χ2n) is 4.24. The molecule has 6 heteroatoms. The van der Waals surface area contributed by atoms with Gasteiger partial charge in [0.25, 0.3) is 0 Å². The first-order chi connectivity index (χ1) is 10.1. The Hall–Kier alpha value is -1.79. The van der Waals surface area contributed by atoms with E-state index in [1.807, 2.05) is 0 Å². The van der Waals surface area contributed by atoms with Crippen LogP contribution in [-0.2, 0) is 9.53 Å². The molecule has 0 atom stereocenters. The van der Waals surface area contributed by atoms with Crippen molar-refractivity contribution in [2.24, 2.45) is 5.92 Å². The number of hydrogen-bond acceptors (Lipinski definition) is 6. The molecule has 0 N–H and O–H groups in total. The number of carbonyl (C=O) groups is 3. The maximum absolute atomic E-state index is 12.5. The average molecular weight is 322 g/mol. The number of rotatable bonds is 7. The van der Waals surface area contributed by atoms with Crippen molar-refractivity contribution in [3.8, 4) is 0 Å². The van der Waals surface area contributed by atoms with E-state index in [0.717, 1.165) is 0 Å². The fourth-order valence-corrected chi connectivity index (χ4v) is 3.31. The van der Waals surface area contributed by atoms with Gasteiger partial charge in [-0.15, -0.1) is 22.7 Å². The third-order valence-corrected chi connectivity index (χ3v) is 4.61. The summed E-state index contributed by atoms with van der Waals surface area (Å²) in [5, 5.41) is 3.54. The van der Waals surface area contributed by atoms with Gasteiger partial charge in [0.15, 0.2) is 11.6 Å². The number of thiophene rings is 2. The van der Waals surface area contributed by atoms with Crippen molar-refractivity contribution in [1.82, 2.24) is 0 Å². The fourth-order valence-electron chi connectivity index (χ4n) is 1.87. The smallest absolute Gasteiger partial charge is 0.306 e. The summed E-state index contributed by atoms with van der Waals surface area (Å²) >= 11 is 2.53. The van der Waals surface area contributed by atoms with Crippen LogP contribution in [0.15, 0.2) is 35.0 Å². The largest absolute Gasteiger partial charge is 0.466 e. The average Bonchev–Trinajstić information content (AvgIpc) is 3.15. The number of Topliss-reactive ketones (excluding diaryl/α,β-unsaturated/α-hetero) is 2. The van der Waals surface area contributed by atoms with E-state index in [9.17, 15) is 14.4 Å². The molecule has 0 spiro atoms. The normalized spacial score (nSPS) is 10.6. The summed E-state index contributed by atoms with van der Waals surface area (Å²) in [4.78, 5) is 37.6. The summed E-state index contributed by atoms with van der Waals surface area (Å²) in [5.74, 6) is -2.19. The molecule has 0 fully saturated rings. The monoisotopic (exact) mass is 322 g/mol. The topological polar surface area (TPSA) is 60.4 Å². The molecule has 4 nitrogen and oxygen atoms in total. The Morgan fingerprint density at radius 3 is 1.95 bits per heavy atom. The molecular formula is C15H14O4S2. The predicted molar refractivity (Wildman–Crippen MR) is 82.0 cm³/mol. The Labute approximate surface area is 130 Å². The van der Waals surface area contributed by atoms with E-state index >= 15 is 0 Å². The van der Waals surface area contributed by atoms with Gasteiger partial charge in [0.05, 0.1) is 28.7 Å². The van der Waals surface area contributed by atoms with Crippen LogP contribution in [0.5, 0.6) is 0 Å². The fraction of sp³-hybridized carbons (Fsp3) is 0.267. The van der Waals surface area contributed by atoms with Gasteiger partial charge < -0.3 is 4.74 Å². The standard InChI is InChI=1S/C15H14O4S2/c1-2-19-13(16)9-10(14(17)11-5-3-7-20-11)15(18)12-6-4-8-21-12/h3-8,10H,2,9H2,1H3. The Bertz CT molecular complexity index is 568. The van der Waals surface area contributed by atoms with E-state index in [1.54, 1.807) is 41.9 Å². The van der Waals surface area contributed by atoms with Crippen molar-refractivity contribution >= 4 is 40.2 Å². The SMILES string of the molecule is CCOC(=O)CC(C(=O)c1cccs1)C(=O)c1cccs1. The lowest BCUT2D eigenvalue weighted by molar-refractivity contribution is -0.143. The maximum Gasteiger partial charge on any atom is 0.306 e. The molecule has 0 aliphatic carbocycles. The molecule has 0 aromatic carbocycles. The van der Waals surface area contributed by atoms with Crippen LogP contribution in [0.1, 0.15) is 32.7 Å². The van der Waals surface area contributed by atoms with E-state index < -0.39 is 11.9 Å². The first kappa shape index (κ1) is 15.6. The lowest BCUT2D eigenvalue weighted by Crippen LogP contribution is -2.27. The van der Waals surface area contributed by atoms with Gasteiger partial charge in [0.2, 0.25) is 0 Å². The summed E-state index contributed by atoms with van der Waals surface area (Å²) in [7, 11) is 0. The number of hydrogen-bond donors (Lipinski definition) is 0. The van der Waals surface area contributed by atoms with Crippen molar-refractivity contribution in [1.29, 1.82) is 0 Å². The highest BCUT2D eigenvalue weighted by Crippen LogP contribution is 2.23. The molecule has 0 saturated heterocycles. The summed E-state index contributed by atoms with van der Waals surface area (Å²) in [5.41, 5.74) is 0. The van der Waals surface area contributed by atoms with Gasteiger partial charge in [-0.2, -0.15) is 0 Å². The minimum absolute atomic E-state index is 0.221. The molecule has 0 amide bonds. The zero-order chi connectivity index (χ0) is 15.2. The van der Waals surface area contributed by atoms with Crippen molar-refractivity contribution in [3.05, 3.63) is 44.8 Å². The van der Waals surface area contributed by atoms with Gasteiger partial charge in [-0.05, 0) is 29.8 Å². The summed E-state index contributed by atoms with van der Waals surface area (Å²) in [6.45, 7) is 1.92. The molecular weight excluding hydrogens is 308 g/mol. The van der Waals surface area contributed by atoms with Crippen molar-refractivity contribution < 1.29 is 19.1 Å². The molecule has 2 aromatic rings. The lowest BCUT2D eigenvalue weighted by Gasteiger charge is -2.12. The molecule has 0 unspecified atom stereocenters. The molecule has 0 aliphatic rings. The highest BCUT2D eigenvalue weighted by Gasteiger charge is 2.32. The lowest BCUT2D eigenvalue weighted by atomic mass is 9.93. The second kappa shape index (κ2) is 7.28. The van der Waals surface area contributed by atoms with Gasteiger partial charge in [0.1, 0.15) is 0 Å². The first-order valence-electron chi connectivity index (χ1n) is 6.44. The van der Waals surface area contributed by atoms with Gasteiger partial charge >= 0.3 is 5.97 Å². The van der Waals surface area contributed by atoms with Crippen LogP contribution in [0.2, 0.25) is 0 Å². The zero-order valence-corrected chi connectivity index (χ0v) is 13.0. The molecule has 0 bridgehead atoms. The van der Waals surface area contributed by atoms with Crippen molar-refractivity contribution in [3.63, 3.8) is 0 Å². The number of esters is 1. The Morgan fingerprint density at radius 2 is 1.57 bits per heavy atom. The summed E-state index contributed by atoms with van der Waals surface area (Å²) < 4.78 is 4.87. The van der Waals surface area contributed by atoms with Crippen LogP contribution >= 0.6 is 22.7 Å². The third kappa shape index (κ3) is 3.86. The van der Waals surface area contributed by atoms with Crippen LogP contribution in [0, 0.1) is 5.92 Å². The van der Waals surface area contributed by atoms with Gasteiger partial charge in [-0.1, -0.05) is 12.1 Å². The van der Waals surface area contributed by atoms with E-state index in [4.69, 9.17) is 4.74 Å². The third-order valence-electron chi connectivity index (χ3n) is 2.84. The van der Waals surface area contributed by atoms with Gasteiger partial charge in [-0.25, -0.2) is 0 Å². The number of carbonyl (C=O) groups excluding carboxylic acids is 3. The molecule has 0 saturated carbocycles. The van der Waals surface area contributed by atoms with Crippen LogP contribution in [0.3, 0.4) is 0 Å². The maximum atomic E-state index is 12.5. The molecule has 21 heavy (non-hydrogen) atoms. The van der Waals surface area contributed by atoms with Crippen LogP contribution in [0.4, 0.5) is 0 Å². The Kier molecular flexibility index (Phi) is 5.41. The first-order valence-corrected chi connectivity index (χ1v) is 8.20. The van der Waals surface area contributed by atoms with Gasteiger partial charge in [-0.3, -0.25) is 14.4 Å². The van der Waals surface area contributed by atoms with Crippen LogP contribution in [0.25, 0.3) is 0 Å². The predicted octanol–water partition coefficient (Wildman–Crippen LogP) is 3.44. The van der Waals surface area contributed by atoms with E-state index in [2.05, 4.69) is 0 Å². The molecule has 110 valence electrons. The van der Waals surface area contributed by atoms with E-state index in [-0.39, 0.29) is 24.6 Å². The number of ether oxygens (including phenoxy) is 1. The van der Waals surface area contributed by atoms with Crippen molar-refractivity contribution in [2.75, 3.05) is 6.61 Å². The Morgan fingerprint density at radius 1 is 1.05 bits per heavy atom. The zero-order valence-electron chi connectivity index (χ0n) is 11.4. The number of ketones is 2. The highest BCUT2D eigenvalue weighted by molar-refractivity contribution is 7.12. The summed E-state index contributed by atoms with van der Waals surface area (Å²) in [6.07, 6.45) is -0.221. The van der Waals surface area contributed by atoms with E-state index in [0.29, 0.717) is 9.75 Å². The molecule has 2 rings (SSSR count). The summed E-state index contributed by atoms with van der Waals surface area (Å²) in [6, 6.07) is 6.81. The Balaban J connectivity index is 2.23. The minimum Gasteiger partial charge on any atom is -0.466 e. The van der Waals surface area contributed by atoms with Gasteiger partial charge in [0, 0.05) is 0 Å². The molecule has 2 heterocycles. The van der Waals surface area contributed by atoms with Crippen LogP contribution < -0.4 is 0 Å². The molecule has 2 aromatic heterocycles. The highest BCUT2D eigenvalue weighted by atomic mass is 32.1. The van der Waals surface area contributed by atoms with Crippen molar-refractivity contribution in [2.45, 2.75) is 13.3 Å². The molecule has 0 aliphatic heterocycles. The van der Waals surface area contributed by atoms with Crippen LogP contribution in [-0.4, -0.2) is 24.1 Å². The second-order valence-corrected chi connectivity index (χ2v) is 6.14. The quantitative estimate of drug-likeness (QED) is 0.445.